The van der Waals surface area contributed by atoms with Gasteiger partial charge in [0.05, 0.1) is 0 Å². The van der Waals surface area contributed by atoms with Crippen LogP contribution in [-0.2, 0) is 18.9 Å². The third kappa shape index (κ3) is 42.2. The summed E-state index contributed by atoms with van der Waals surface area (Å²) in [6.07, 6.45) is -2.88. The number of rotatable bonds is 0. The topological polar surface area (TPSA) is 228 Å². The first-order valence-electron chi connectivity index (χ1n) is 8.60. The molecule has 0 aliphatic heterocycles. The van der Waals surface area contributed by atoms with Crippen LogP contribution in [0.2, 0.25) is 0 Å². The zero-order valence-corrected chi connectivity index (χ0v) is 20.3. The second-order valence-electron chi connectivity index (χ2n) is 8.50. The van der Waals surface area contributed by atoms with Crippen LogP contribution in [0.1, 0.15) is 62.3 Å². The number of nitrogens with one attached hydrogen (secondary N) is 1. The van der Waals surface area contributed by atoms with E-state index in [0.717, 1.165) is 0 Å². The first-order chi connectivity index (χ1) is 13.0. The average molecular weight is 473 g/mol. The molecule has 0 aliphatic carbocycles. The predicted molar refractivity (Wildman–Crippen MR) is 119 cm³/mol. The SMILES string of the molecule is CC(C)(C)OC(=O)N=C(N)N.CC(C)(C)OC(=O)OC(=O)OC(C)(C)C.Cl.N=C(N)N. The molecule has 0 atom stereocenters. The Morgan fingerprint density at radius 3 is 1.13 bits per heavy atom. The molecule has 0 radical (unpaired) electrons. The van der Waals surface area contributed by atoms with E-state index < -0.39 is 35.2 Å². The average Bonchev–Trinajstić information content (AvgIpc) is 2.28. The van der Waals surface area contributed by atoms with E-state index in [-0.39, 0.29) is 24.3 Å². The Morgan fingerprint density at radius 2 is 0.935 bits per heavy atom. The summed E-state index contributed by atoms with van der Waals surface area (Å²) in [6.45, 7) is 15.2. The number of carbonyl (C=O) groups excluding carboxylic acids is 3. The lowest BCUT2D eigenvalue weighted by Crippen LogP contribution is -2.29. The molecule has 0 aromatic rings. The second-order valence-corrected chi connectivity index (χ2v) is 8.50. The first kappa shape index (κ1) is 35.5. The molecule has 0 saturated carbocycles. The van der Waals surface area contributed by atoms with Gasteiger partial charge in [-0.1, -0.05) is 0 Å². The summed E-state index contributed by atoms with van der Waals surface area (Å²) in [7, 11) is 0. The number of nitrogens with zero attached hydrogens (tertiary/aromatic N) is 1. The molecule has 0 saturated heterocycles. The maximum Gasteiger partial charge on any atom is 0.519 e. The van der Waals surface area contributed by atoms with Crippen molar-refractivity contribution < 1.29 is 33.3 Å². The minimum absolute atomic E-state index is 0. The lowest BCUT2D eigenvalue weighted by molar-refractivity contribution is -0.0294. The Morgan fingerprint density at radius 1 is 0.677 bits per heavy atom. The van der Waals surface area contributed by atoms with Gasteiger partial charge in [0.25, 0.3) is 0 Å². The van der Waals surface area contributed by atoms with Gasteiger partial charge in [0.2, 0.25) is 0 Å². The van der Waals surface area contributed by atoms with E-state index in [2.05, 4.69) is 21.2 Å². The molecule has 0 fully saturated rings. The van der Waals surface area contributed by atoms with Crippen molar-refractivity contribution in [3.05, 3.63) is 0 Å². The van der Waals surface area contributed by atoms with Crippen LogP contribution in [0.3, 0.4) is 0 Å². The molecular weight excluding hydrogens is 436 g/mol. The largest absolute Gasteiger partial charge is 0.519 e. The van der Waals surface area contributed by atoms with Crippen LogP contribution in [0, 0.1) is 5.41 Å². The summed E-state index contributed by atoms with van der Waals surface area (Å²) >= 11 is 0. The summed E-state index contributed by atoms with van der Waals surface area (Å²) < 4.78 is 18.6. The number of aliphatic imine (C=N–C) groups is 1. The number of hydrogen-bond acceptors (Lipinski definition) is 8. The van der Waals surface area contributed by atoms with Crippen molar-refractivity contribution in [2.24, 2.45) is 27.9 Å². The second kappa shape index (κ2) is 14.9. The van der Waals surface area contributed by atoms with Crippen molar-refractivity contribution in [2.45, 2.75) is 79.1 Å². The quantitative estimate of drug-likeness (QED) is 0.113. The summed E-state index contributed by atoms with van der Waals surface area (Å²) in [5, 5.41) is 6.06. The fourth-order valence-corrected chi connectivity index (χ4v) is 1.000. The molecule has 0 aromatic heterocycles. The summed E-state index contributed by atoms with van der Waals surface area (Å²) in [4.78, 5) is 35.9. The zero-order valence-electron chi connectivity index (χ0n) is 19.5. The summed E-state index contributed by atoms with van der Waals surface area (Å²) in [6, 6.07) is 0. The first-order valence-corrected chi connectivity index (χ1v) is 8.60. The minimum atomic E-state index is -1.06. The van der Waals surface area contributed by atoms with Gasteiger partial charge in [-0.3, -0.25) is 5.41 Å². The van der Waals surface area contributed by atoms with Crippen molar-refractivity contribution in [3.8, 4) is 0 Å². The van der Waals surface area contributed by atoms with Crippen LogP contribution in [0.4, 0.5) is 14.4 Å². The molecule has 31 heavy (non-hydrogen) atoms. The molecule has 0 bridgehead atoms. The fourth-order valence-electron chi connectivity index (χ4n) is 1.000. The Hall–Kier alpha value is -2.96. The van der Waals surface area contributed by atoms with Gasteiger partial charge >= 0.3 is 18.4 Å². The maximum absolute atomic E-state index is 11.0. The number of halogens is 1. The highest BCUT2D eigenvalue weighted by Gasteiger charge is 2.24. The number of amides is 1. The van der Waals surface area contributed by atoms with Gasteiger partial charge in [-0.05, 0) is 62.3 Å². The zero-order chi connectivity index (χ0) is 24.9. The van der Waals surface area contributed by atoms with Crippen LogP contribution in [0.25, 0.3) is 0 Å². The molecule has 0 heterocycles. The van der Waals surface area contributed by atoms with Gasteiger partial charge in [-0.15, -0.1) is 17.4 Å². The molecule has 1 amide bonds. The number of guanidine groups is 2. The molecule has 14 heteroatoms. The van der Waals surface area contributed by atoms with Crippen LogP contribution in [0.15, 0.2) is 4.99 Å². The Bertz CT molecular complexity index is 586. The van der Waals surface area contributed by atoms with Gasteiger partial charge in [0.1, 0.15) is 16.8 Å². The van der Waals surface area contributed by atoms with Gasteiger partial charge in [-0.25, -0.2) is 14.4 Å². The molecule has 9 N–H and O–H groups in total. The molecular formula is C17H37ClN6O7. The number of nitrogens with two attached hydrogens (primary N) is 4. The van der Waals surface area contributed by atoms with Crippen molar-refractivity contribution in [2.75, 3.05) is 0 Å². The Labute approximate surface area is 189 Å². The molecule has 0 rings (SSSR count). The number of carbonyl (C=O) groups is 3. The molecule has 0 aromatic carbocycles. The monoisotopic (exact) mass is 472 g/mol. The van der Waals surface area contributed by atoms with E-state index >= 15 is 0 Å². The lowest BCUT2D eigenvalue weighted by atomic mass is 10.2. The Balaban J connectivity index is -0.000000201. The van der Waals surface area contributed by atoms with E-state index in [0.29, 0.717) is 0 Å². The smallest absolute Gasteiger partial charge is 0.442 e. The van der Waals surface area contributed by atoms with Crippen molar-refractivity contribution in [3.63, 3.8) is 0 Å². The van der Waals surface area contributed by atoms with Gasteiger partial charge in [0.15, 0.2) is 11.9 Å². The van der Waals surface area contributed by atoms with Crippen molar-refractivity contribution in [1.29, 1.82) is 5.41 Å². The van der Waals surface area contributed by atoms with Crippen LogP contribution >= 0.6 is 12.4 Å². The van der Waals surface area contributed by atoms with Crippen LogP contribution < -0.4 is 22.9 Å². The van der Waals surface area contributed by atoms with E-state index in [1.54, 1.807) is 62.3 Å². The van der Waals surface area contributed by atoms with Gasteiger partial charge < -0.3 is 41.9 Å². The van der Waals surface area contributed by atoms with E-state index in [9.17, 15) is 14.4 Å². The van der Waals surface area contributed by atoms with E-state index in [4.69, 9.17) is 31.1 Å². The standard InChI is InChI=1S/C10H18O5.C6H13N3O2.CH5N3.ClH/c1-9(2,3)14-7(11)13-8(12)15-10(4,5)6;1-6(2,3)11-5(10)9-4(7)8;2-1(3)4;/h1-6H3;1-3H3,(H4,7,8,9,10);(H5,2,3,4);1H. The Kier molecular flexibility index (Phi) is 17.1. The van der Waals surface area contributed by atoms with Crippen molar-refractivity contribution >= 4 is 42.7 Å². The molecule has 0 unspecified atom stereocenters. The highest BCUT2D eigenvalue weighted by atomic mass is 35.5. The summed E-state index contributed by atoms with van der Waals surface area (Å²) in [5.41, 5.74) is 16.9. The molecule has 0 spiro atoms. The van der Waals surface area contributed by atoms with E-state index in [1.807, 2.05) is 0 Å². The normalized spacial score (nSPS) is 10.2. The molecule has 0 aliphatic rings. The third-order valence-electron chi connectivity index (χ3n) is 1.56. The third-order valence-corrected chi connectivity index (χ3v) is 1.56. The van der Waals surface area contributed by atoms with Crippen LogP contribution in [-0.4, -0.2) is 47.1 Å². The highest BCUT2D eigenvalue weighted by molar-refractivity contribution is 5.88. The van der Waals surface area contributed by atoms with Gasteiger partial charge in [0, 0.05) is 0 Å². The molecule has 184 valence electrons. The number of ether oxygens (including phenoxy) is 4. The fraction of sp³-hybridized carbons (Fsp3) is 0.706. The van der Waals surface area contributed by atoms with Gasteiger partial charge in [-0.2, -0.15) is 0 Å². The predicted octanol–water partition coefficient (Wildman–Crippen LogP) is 2.33. The van der Waals surface area contributed by atoms with Crippen LogP contribution in [0.5, 0.6) is 0 Å². The lowest BCUT2D eigenvalue weighted by Gasteiger charge is -2.20. The van der Waals surface area contributed by atoms with Crippen molar-refractivity contribution in [1.82, 2.24) is 0 Å². The van der Waals surface area contributed by atoms with E-state index in [1.165, 1.54) is 0 Å². The summed E-state index contributed by atoms with van der Waals surface area (Å²) in [5.74, 6) is -0.626. The maximum atomic E-state index is 11.0. The minimum Gasteiger partial charge on any atom is -0.442 e. The number of hydrogen-bond donors (Lipinski definition) is 5. The molecule has 13 nitrogen and oxygen atoms in total. The highest BCUT2D eigenvalue weighted by Crippen LogP contribution is 2.11.